The lowest BCUT2D eigenvalue weighted by Gasteiger charge is -2.40. The second-order valence-corrected chi connectivity index (χ2v) is 11.5. The molecule has 32 heavy (non-hydrogen) atoms. The maximum absolute atomic E-state index is 13.7. The average molecular weight is 455 g/mol. The monoisotopic (exact) mass is 454 g/mol. The highest BCUT2D eigenvalue weighted by atomic mass is 32.2. The summed E-state index contributed by atoms with van der Waals surface area (Å²) in [7, 11) is -1.06. The molecule has 1 aliphatic carbocycles. The van der Waals surface area contributed by atoms with Crippen molar-refractivity contribution in [2.75, 3.05) is 25.1 Å². The van der Waals surface area contributed by atoms with Crippen LogP contribution in [0.15, 0.2) is 60.7 Å². The quantitative estimate of drug-likeness (QED) is 0.633. The third kappa shape index (κ3) is 5.41. The summed E-state index contributed by atoms with van der Waals surface area (Å²) < 4.78 is 24.4. The number of nitrogens with zero attached hydrogens (tertiary/aromatic N) is 2. The van der Waals surface area contributed by atoms with Gasteiger partial charge in [0.15, 0.2) is 9.84 Å². The number of carbonyl (C=O) groups excluding carboxylic acids is 1. The first-order chi connectivity index (χ1) is 15.4. The third-order valence-electron chi connectivity index (χ3n) is 6.91. The third-order valence-corrected chi connectivity index (χ3v) is 8.66. The number of sulfone groups is 1. The van der Waals surface area contributed by atoms with Gasteiger partial charge in [-0.2, -0.15) is 0 Å². The summed E-state index contributed by atoms with van der Waals surface area (Å²) in [5.74, 6) is 0.360. The normalized spacial score (nSPS) is 21.2. The van der Waals surface area contributed by atoms with Crippen LogP contribution in [0.4, 0.5) is 0 Å². The van der Waals surface area contributed by atoms with Crippen LogP contribution in [0.2, 0.25) is 0 Å². The summed E-state index contributed by atoms with van der Waals surface area (Å²) in [6, 6.07) is 20.4. The molecule has 0 aromatic heterocycles. The van der Waals surface area contributed by atoms with E-state index in [0.29, 0.717) is 6.42 Å². The molecule has 0 radical (unpaired) electrons. The highest BCUT2D eigenvalue weighted by Gasteiger charge is 2.39. The molecule has 1 heterocycles. The molecule has 2 fully saturated rings. The molecule has 2 aliphatic rings. The van der Waals surface area contributed by atoms with Crippen molar-refractivity contribution < 1.29 is 13.2 Å². The maximum atomic E-state index is 13.7. The zero-order valence-corrected chi connectivity index (χ0v) is 19.7. The van der Waals surface area contributed by atoms with Crippen LogP contribution in [-0.4, -0.2) is 61.3 Å². The number of rotatable bonds is 7. The van der Waals surface area contributed by atoms with E-state index in [1.54, 1.807) is 0 Å². The fourth-order valence-corrected chi connectivity index (χ4v) is 7.13. The second kappa shape index (κ2) is 10.2. The number of benzene rings is 2. The molecule has 0 N–H and O–H groups in total. The maximum Gasteiger partial charge on any atom is 0.237 e. The molecule has 1 saturated carbocycles. The van der Waals surface area contributed by atoms with Gasteiger partial charge in [0.2, 0.25) is 5.91 Å². The van der Waals surface area contributed by atoms with Crippen LogP contribution in [0, 0.1) is 0 Å². The zero-order chi connectivity index (χ0) is 22.6. The smallest absolute Gasteiger partial charge is 0.237 e. The molecule has 172 valence electrons. The SMILES string of the molecule is CN(CC(=O)N(C1CCCCC1)[C@@H]1CCS(=O)(=O)C1)C(c1ccccc1)c1ccccc1. The Morgan fingerprint density at radius 3 is 1.94 bits per heavy atom. The highest BCUT2D eigenvalue weighted by Crippen LogP contribution is 2.31. The summed E-state index contributed by atoms with van der Waals surface area (Å²) >= 11 is 0. The van der Waals surface area contributed by atoms with E-state index in [1.807, 2.05) is 48.3 Å². The van der Waals surface area contributed by atoms with Crippen molar-refractivity contribution in [3.8, 4) is 0 Å². The van der Waals surface area contributed by atoms with Crippen molar-refractivity contribution in [2.45, 2.75) is 56.7 Å². The van der Waals surface area contributed by atoms with Crippen molar-refractivity contribution in [1.29, 1.82) is 0 Å². The van der Waals surface area contributed by atoms with E-state index in [1.165, 1.54) is 6.42 Å². The van der Waals surface area contributed by atoms with Crippen molar-refractivity contribution >= 4 is 15.7 Å². The molecule has 2 aromatic rings. The van der Waals surface area contributed by atoms with E-state index in [0.717, 1.165) is 36.8 Å². The minimum atomic E-state index is -3.05. The van der Waals surface area contributed by atoms with E-state index in [-0.39, 0.29) is 42.1 Å². The van der Waals surface area contributed by atoms with Gasteiger partial charge in [-0.15, -0.1) is 0 Å². The van der Waals surface area contributed by atoms with E-state index in [2.05, 4.69) is 29.2 Å². The molecule has 4 rings (SSSR count). The zero-order valence-electron chi connectivity index (χ0n) is 18.9. The molecule has 6 heteroatoms. The number of hydrogen-bond donors (Lipinski definition) is 0. The molecule has 5 nitrogen and oxygen atoms in total. The largest absolute Gasteiger partial charge is 0.335 e. The lowest BCUT2D eigenvalue weighted by molar-refractivity contribution is -0.137. The fraction of sp³-hybridized carbons (Fsp3) is 0.500. The molecular formula is C26H34N2O3S. The summed E-state index contributed by atoms with van der Waals surface area (Å²) in [5.41, 5.74) is 2.28. The molecule has 1 amide bonds. The molecule has 1 aliphatic heterocycles. The predicted octanol–water partition coefficient (Wildman–Crippen LogP) is 4.06. The van der Waals surface area contributed by atoms with Gasteiger partial charge in [-0.25, -0.2) is 8.42 Å². The van der Waals surface area contributed by atoms with Gasteiger partial charge in [-0.3, -0.25) is 9.69 Å². The van der Waals surface area contributed by atoms with Gasteiger partial charge in [0.1, 0.15) is 0 Å². The first-order valence-corrected chi connectivity index (χ1v) is 13.6. The standard InChI is InChI=1S/C26H34N2O3S/c1-27(26(21-11-5-2-6-12-21)22-13-7-3-8-14-22)19-25(29)28(23-15-9-4-10-16-23)24-17-18-32(30,31)20-24/h2-3,5-8,11-14,23-24,26H,4,9-10,15-20H2,1H3/t24-/m1/s1. The number of amides is 1. The van der Waals surface area contributed by atoms with Crippen molar-refractivity contribution in [3.05, 3.63) is 71.8 Å². The molecule has 0 spiro atoms. The second-order valence-electron chi connectivity index (χ2n) is 9.29. The van der Waals surface area contributed by atoms with Crippen molar-refractivity contribution in [2.24, 2.45) is 0 Å². The molecule has 0 unspecified atom stereocenters. The minimum absolute atomic E-state index is 0.0399. The van der Waals surface area contributed by atoms with Crippen LogP contribution in [0.1, 0.15) is 55.7 Å². The summed E-state index contributed by atoms with van der Waals surface area (Å²) in [6.45, 7) is 0.265. The summed E-state index contributed by atoms with van der Waals surface area (Å²) in [4.78, 5) is 17.8. The Bertz CT molecular complexity index is 949. The summed E-state index contributed by atoms with van der Waals surface area (Å²) in [5, 5.41) is 0. The van der Waals surface area contributed by atoms with Gasteiger partial charge in [0.05, 0.1) is 24.1 Å². The van der Waals surface area contributed by atoms with Crippen LogP contribution in [0.3, 0.4) is 0 Å². The van der Waals surface area contributed by atoms with Crippen LogP contribution in [0.25, 0.3) is 0 Å². The van der Waals surface area contributed by atoms with Gasteiger partial charge < -0.3 is 4.90 Å². The summed E-state index contributed by atoms with van der Waals surface area (Å²) in [6.07, 6.45) is 5.95. The van der Waals surface area contributed by atoms with Gasteiger partial charge in [-0.05, 0) is 37.4 Å². The molecule has 2 aromatic carbocycles. The van der Waals surface area contributed by atoms with Crippen LogP contribution >= 0.6 is 0 Å². The Kier molecular flexibility index (Phi) is 7.31. The number of carbonyl (C=O) groups is 1. The Morgan fingerprint density at radius 1 is 0.875 bits per heavy atom. The van der Waals surface area contributed by atoms with Gasteiger partial charge in [0.25, 0.3) is 0 Å². The highest BCUT2D eigenvalue weighted by molar-refractivity contribution is 7.91. The van der Waals surface area contributed by atoms with E-state index >= 15 is 0 Å². The topological polar surface area (TPSA) is 57.7 Å². The Balaban J connectivity index is 1.58. The fourth-order valence-electron chi connectivity index (χ4n) is 5.42. The Morgan fingerprint density at radius 2 is 1.44 bits per heavy atom. The molecule has 1 saturated heterocycles. The lowest BCUT2D eigenvalue weighted by atomic mass is 9.92. The van der Waals surface area contributed by atoms with Gasteiger partial charge >= 0.3 is 0 Å². The molecule has 0 bridgehead atoms. The van der Waals surface area contributed by atoms with E-state index in [9.17, 15) is 13.2 Å². The lowest BCUT2D eigenvalue weighted by Crippen LogP contribution is -2.52. The van der Waals surface area contributed by atoms with Crippen LogP contribution in [-0.2, 0) is 14.6 Å². The Hall–Kier alpha value is -2.18. The van der Waals surface area contributed by atoms with Crippen LogP contribution in [0.5, 0.6) is 0 Å². The van der Waals surface area contributed by atoms with Crippen LogP contribution < -0.4 is 0 Å². The first-order valence-electron chi connectivity index (χ1n) is 11.8. The first kappa shape index (κ1) is 23.0. The minimum Gasteiger partial charge on any atom is -0.335 e. The van der Waals surface area contributed by atoms with Gasteiger partial charge in [0, 0.05) is 12.1 Å². The van der Waals surface area contributed by atoms with E-state index in [4.69, 9.17) is 0 Å². The number of likely N-dealkylation sites (N-methyl/N-ethyl adjacent to an activating group) is 1. The number of hydrogen-bond acceptors (Lipinski definition) is 4. The van der Waals surface area contributed by atoms with Crippen molar-refractivity contribution in [3.63, 3.8) is 0 Å². The molecular weight excluding hydrogens is 420 g/mol. The van der Waals surface area contributed by atoms with E-state index < -0.39 is 9.84 Å². The average Bonchev–Trinajstić information content (AvgIpc) is 3.15. The Labute approximate surface area is 192 Å². The van der Waals surface area contributed by atoms with Crippen molar-refractivity contribution in [1.82, 2.24) is 9.80 Å². The van der Waals surface area contributed by atoms with Gasteiger partial charge in [-0.1, -0.05) is 79.9 Å². The molecule has 1 atom stereocenters. The predicted molar refractivity (Wildman–Crippen MR) is 128 cm³/mol.